The zero-order valence-electron chi connectivity index (χ0n) is 21.5. The topological polar surface area (TPSA) is 111 Å². The van der Waals surface area contributed by atoms with E-state index >= 15 is 0 Å². The van der Waals surface area contributed by atoms with Gasteiger partial charge in [-0.05, 0) is 35.9 Å². The van der Waals surface area contributed by atoms with Crippen molar-refractivity contribution in [2.45, 2.75) is 25.6 Å². The van der Waals surface area contributed by atoms with Crippen molar-refractivity contribution in [1.29, 1.82) is 0 Å². The molecule has 6 rings (SSSR count). The van der Waals surface area contributed by atoms with Gasteiger partial charge in [0.1, 0.15) is 25.4 Å². The summed E-state index contributed by atoms with van der Waals surface area (Å²) in [7, 11) is 0. The van der Waals surface area contributed by atoms with Gasteiger partial charge in [-0.2, -0.15) is 4.98 Å². The van der Waals surface area contributed by atoms with Crippen LogP contribution in [0.25, 0.3) is 5.95 Å². The van der Waals surface area contributed by atoms with Crippen LogP contribution in [0.4, 0.5) is 5.82 Å². The molecular formula is C28H30N8O3. The Morgan fingerprint density at radius 1 is 1.00 bits per heavy atom. The molecule has 2 aliphatic rings. The first-order valence-electron chi connectivity index (χ1n) is 13.1. The van der Waals surface area contributed by atoms with Gasteiger partial charge >= 0.3 is 0 Å². The quantitative estimate of drug-likeness (QED) is 0.370. The van der Waals surface area contributed by atoms with Crippen LogP contribution in [0.15, 0.2) is 73.6 Å². The third-order valence-corrected chi connectivity index (χ3v) is 6.85. The second kappa shape index (κ2) is 11.5. The first kappa shape index (κ1) is 24.8. The summed E-state index contributed by atoms with van der Waals surface area (Å²) >= 11 is 0. The van der Waals surface area contributed by atoms with E-state index < -0.39 is 0 Å². The second-order valence-corrected chi connectivity index (χ2v) is 9.55. The summed E-state index contributed by atoms with van der Waals surface area (Å²) in [5, 5.41) is 3.09. The van der Waals surface area contributed by atoms with Crippen LogP contribution >= 0.6 is 0 Å². The molecule has 3 aromatic heterocycles. The van der Waals surface area contributed by atoms with Crippen molar-refractivity contribution in [3.63, 3.8) is 0 Å². The Morgan fingerprint density at radius 2 is 1.92 bits per heavy atom. The number of hydrogen-bond donors (Lipinski definition) is 1. The molecule has 1 unspecified atom stereocenters. The number of nitrogens with one attached hydrogen (secondary N) is 1. The van der Waals surface area contributed by atoms with E-state index in [0.29, 0.717) is 44.4 Å². The number of fused-ring (bicyclic) bond motifs is 1. The lowest BCUT2D eigenvalue weighted by atomic mass is 10.1. The molecule has 1 N–H and O–H groups in total. The number of carbonyl (C=O) groups excluding carboxylic acids is 1. The molecule has 1 amide bonds. The van der Waals surface area contributed by atoms with Gasteiger partial charge in [0.15, 0.2) is 11.5 Å². The molecule has 1 saturated heterocycles. The van der Waals surface area contributed by atoms with Gasteiger partial charge in [-0.25, -0.2) is 9.97 Å². The average molecular weight is 527 g/mol. The minimum Gasteiger partial charge on any atom is -0.486 e. The molecule has 0 aliphatic carbocycles. The molecule has 11 heteroatoms. The van der Waals surface area contributed by atoms with Crippen molar-refractivity contribution in [2.75, 3.05) is 37.7 Å². The van der Waals surface area contributed by atoms with E-state index in [0.717, 1.165) is 42.5 Å². The number of carbonyl (C=O) groups is 1. The monoisotopic (exact) mass is 526 g/mol. The van der Waals surface area contributed by atoms with Gasteiger partial charge in [-0.3, -0.25) is 19.2 Å². The summed E-state index contributed by atoms with van der Waals surface area (Å²) < 4.78 is 13.1. The van der Waals surface area contributed by atoms with E-state index in [2.05, 4.69) is 30.1 Å². The van der Waals surface area contributed by atoms with E-state index in [-0.39, 0.29) is 11.9 Å². The number of rotatable bonds is 8. The van der Waals surface area contributed by atoms with Gasteiger partial charge in [0.05, 0.1) is 11.7 Å². The summed E-state index contributed by atoms with van der Waals surface area (Å²) in [5.74, 6) is 2.76. The standard InChI is InChI=1S/C28H30N8O3/c37-27(32-17-21-4-5-24-25(15-21)39-14-13-38-24)16-23-19-34(18-22-3-1-2-7-30-22)11-12-36(23)26-6-8-31-28(33-26)35-10-9-29-20-35/h1-10,15,20,23H,11-14,16-19H2,(H,32,37). The molecule has 5 heterocycles. The lowest BCUT2D eigenvalue weighted by molar-refractivity contribution is -0.121. The number of ether oxygens (including phenoxy) is 2. The van der Waals surface area contributed by atoms with Crippen molar-refractivity contribution in [3.05, 3.63) is 84.8 Å². The largest absolute Gasteiger partial charge is 0.486 e. The number of aromatic nitrogens is 5. The lowest BCUT2D eigenvalue weighted by Gasteiger charge is -2.42. The number of anilines is 1. The molecule has 0 radical (unpaired) electrons. The van der Waals surface area contributed by atoms with Gasteiger partial charge in [0, 0.05) is 63.9 Å². The van der Waals surface area contributed by atoms with E-state index in [4.69, 9.17) is 14.5 Å². The Labute approximate surface area is 226 Å². The summed E-state index contributed by atoms with van der Waals surface area (Å²) in [5.41, 5.74) is 1.97. The molecule has 39 heavy (non-hydrogen) atoms. The predicted molar refractivity (Wildman–Crippen MR) is 144 cm³/mol. The van der Waals surface area contributed by atoms with Crippen LogP contribution in [0.1, 0.15) is 17.7 Å². The Bertz CT molecular complexity index is 1400. The molecule has 0 saturated carbocycles. The van der Waals surface area contributed by atoms with E-state index in [1.54, 1.807) is 23.3 Å². The number of nitrogens with zero attached hydrogens (tertiary/aromatic N) is 7. The van der Waals surface area contributed by atoms with Crippen LogP contribution in [0, 0.1) is 0 Å². The van der Waals surface area contributed by atoms with Crippen LogP contribution in [0.5, 0.6) is 11.5 Å². The molecule has 4 aromatic rings. The van der Waals surface area contributed by atoms with Crippen molar-refractivity contribution in [3.8, 4) is 17.4 Å². The van der Waals surface area contributed by atoms with Crippen molar-refractivity contribution in [2.24, 2.45) is 0 Å². The SMILES string of the molecule is O=C(CC1CN(Cc2ccccn2)CCN1c1ccnc(-n2ccnc2)n1)NCc1ccc2c(c1)OCCO2. The highest BCUT2D eigenvalue weighted by atomic mass is 16.6. The van der Waals surface area contributed by atoms with Gasteiger partial charge in [-0.1, -0.05) is 12.1 Å². The first-order chi connectivity index (χ1) is 19.2. The Hall–Kier alpha value is -4.51. The highest BCUT2D eigenvalue weighted by Gasteiger charge is 2.30. The number of amides is 1. The molecule has 200 valence electrons. The van der Waals surface area contributed by atoms with Crippen LogP contribution < -0.4 is 19.7 Å². The first-order valence-corrected chi connectivity index (χ1v) is 13.1. The molecule has 1 aromatic carbocycles. The number of pyridine rings is 1. The van der Waals surface area contributed by atoms with Gasteiger partial charge in [0.2, 0.25) is 11.9 Å². The van der Waals surface area contributed by atoms with Gasteiger partial charge in [0.25, 0.3) is 0 Å². The van der Waals surface area contributed by atoms with Crippen molar-refractivity contribution < 1.29 is 14.3 Å². The lowest BCUT2D eigenvalue weighted by Crippen LogP contribution is -2.54. The smallest absolute Gasteiger partial charge is 0.236 e. The molecule has 0 spiro atoms. The minimum atomic E-state index is -0.0757. The molecule has 1 fully saturated rings. The summed E-state index contributed by atoms with van der Waals surface area (Å²) in [6.45, 7) is 4.49. The maximum atomic E-state index is 13.2. The fourth-order valence-electron chi connectivity index (χ4n) is 4.95. The third-order valence-electron chi connectivity index (χ3n) is 6.85. The average Bonchev–Trinajstić information content (AvgIpc) is 3.52. The Kier molecular flexibility index (Phi) is 7.30. The number of hydrogen-bond acceptors (Lipinski definition) is 9. The van der Waals surface area contributed by atoms with E-state index in [1.165, 1.54) is 0 Å². The molecule has 11 nitrogen and oxygen atoms in total. The maximum Gasteiger partial charge on any atom is 0.236 e. The minimum absolute atomic E-state index is 0.0246. The predicted octanol–water partition coefficient (Wildman–Crippen LogP) is 2.23. The maximum absolute atomic E-state index is 13.2. The van der Waals surface area contributed by atoms with Crippen molar-refractivity contribution >= 4 is 11.7 Å². The summed E-state index contributed by atoms with van der Waals surface area (Å²) in [4.78, 5) is 35.5. The van der Waals surface area contributed by atoms with Crippen LogP contribution in [0.3, 0.4) is 0 Å². The zero-order chi connectivity index (χ0) is 26.4. The second-order valence-electron chi connectivity index (χ2n) is 9.55. The van der Waals surface area contributed by atoms with Crippen molar-refractivity contribution in [1.82, 2.24) is 34.7 Å². The van der Waals surface area contributed by atoms with Crippen LogP contribution in [0.2, 0.25) is 0 Å². The molecular weight excluding hydrogens is 496 g/mol. The number of piperazine rings is 1. The summed E-state index contributed by atoms with van der Waals surface area (Å²) in [6, 6.07) is 13.5. The van der Waals surface area contributed by atoms with E-state index in [9.17, 15) is 4.79 Å². The fourth-order valence-corrected chi connectivity index (χ4v) is 4.95. The normalized spacial score (nSPS) is 17.1. The fraction of sp³-hybridized carbons (Fsp3) is 0.321. The number of imidazole rings is 1. The molecule has 0 bridgehead atoms. The third kappa shape index (κ3) is 5.99. The highest BCUT2D eigenvalue weighted by Crippen LogP contribution is 2.30. The zero-order valence-corrected chi connectivity index (χ0v) is 21.5. The molecule has 1 atom stereocenters. The van der Waals surface area contributed by atoms with E-state index in [1.807, 2.05) is 54.9 Å². The summed E-state index contributed by atoms with van der Waals surface area (Å²) in [6.07, 6.45) is 9.07. The Morgan fingerprint density at radius 3 is 2.77 bits per heavy atom. The van der Waals surface area contributed by atoms with Gasteiger partial charge < -0.3 is 19.7 Å². The Balaban J connectivity index is 1.16. The van der Waals surface area contributed by atoms with Crippen LogP contribution in [-0.4, -0.2) is 74.2 Å². The van der Waals surface area contributed by atoms with Crippen LogP contribution in [-0.2, 0) is 17.9 Å². The van der Waals surface area contributed by atoms with Gasteiger partial charge in [-0.15, -0.1) is 0 Å². The highest BCUT2D eigenvalue weighted by molar-refractivity contribution is 5.77. The number of benzene rings is 1. The molecule has 2 aliphatic heterocycles.